The first kappa shape index (κ1) is 21.7. The number of thiazole rings is 1. The Bertz CT molecular complexity index is 1450. The van der Waals surface area contributed by atoms with Crippen LogP contribution in [-0.2, 0) is 6.54 Å². The zero-order valence-corrected chi connectivity index (χ0v) is 19.3. The quantitative estimate of drug-likeness (QED) is 0.434. The normalized spacial score (nSPS) is 12.7. The summed E-state index contributed by atoms with van der Waals surface area (Å²) in [4.78, 5) is 48.6. The summed E-state index contributed by atoms with van der Waals surface area (Å²) in [5, 5.41) is 5.58. The number of benzene rings is 2. The van der Waals surface area contributed by atoms with E-state index in [0.29, 0.717) is 16.8 Å². The van der Waals surface area contributed by atoms with Gasteiger partial charge in [0, 0.05) is 28.9 Å². The third-order valence-electron chi connectivity index (χ3n) is 5.66. The van der Waals surface area contributed by atoms with Gasteiger partial charge in [-0.1, -0.05) is 12.1 Å². The second kappa shape index (κ2) is 8.64. The molecule has 168 valence electrons. The van der Waals surface area contributed by atoms with E-state index in [9.17, 15) is 14.4 Å². The number of carbonyl (C=O) groups excluding carboxylic acids is 3. The van der Waals surface area contributed by atoms with Crippen molar-refractivity contribution in [3.63, 3.8) is 0 Å². The fourth-order valence-corrected chi connectivity index (χ4v) is 4.68. The van der Waals surface area contributed by atoms with Gasteiger partial charge < -0.3 is 5.32 Å². The molecule has 34 heavy (non-hydrogen) atoms. The number of rotatable bonds is 5. The number of carbonyl (C=O) groups is 3. The second-order valence-electron chi connectivity index (χ2n) is 8.06. The first-order valence-corrected chi connectivity index (χ1v) is 11.5. The van der Waals surface area contributed by atoms with Crippen molar-refractivity contribution in [2.24, 2.45) is 0 Å². The first-order valence-electron chi connectivity index (χ1n) is 10.7. The van der Waals surface area contributed by atoms with Crippen molar-refractivity contribution in [3.05, 3.63) is 99.8 Å². The molecule has 1 aliphatic heterocycles. The fourth-order valence-electron chi connectivity index (χ4n) is 3.85. The zero-order chi connectivity index (χ0) is 23.8. The number of fused-ring (bicyclic) bond motifs is 1. The molecule has 0 bridgehead atoms. The van der Waals surface area contributed by atoms with E-state index in [1.165, 1.54) is 22.3 Å². The molecule has 2 aromatic heterocycles. The zero-order valence-electron chi connectivity index (χ0n) is 18.5. The van der Waals surface area contributed by atoms with E-state index in [4.69, 9.17) is 0 Å². The van der Waals surface area contributed by atoms with Crippen LogP contribution in [0.15, 0.2) is 66.3 Å². The van der Waals surface area contributed by atoms with Gasteiger partial charge >= 0.3 is 0 Å². The molecule has 0 unspecified atom stereocenters. The minimum absolute atomic E-state index is 0.229. The SMILES string of the molecule is Cc1ccc(C)c(N2C(=O)c3ccc(C(=O)NCc4csc(-c5ccncc5)n4)cc3C2=O)c1. The summed E-state index contributed by atoms with van der Waals surface area (Å²) in [6.07, 6.45) is 3.42. The maximum Gasteiger partial charge on any atom is 0.266 e. The Labute approximate surface area is 200 Å². The summed E-state index contributed by atoms with van der Waals surface area (Å²) in [5.74, 6) is -1.15. The molecule has 0 saturated carbocycles. The Morgan fingerprint density at radius 2 is 1.74 bits per heavy atom. The highest BCUT2D eigenvalue weighted by Crippen LogP contribution is 2.32. The Hall–Kier alpha value is -4.17. The number of imide groups is 1. The molecular formula is C26H20N4O3S. The highest BCUT2D eigenvalue weighted by atomic mass is 32.1. The van der Waals surface area contributed by atoms with Crippen LogP contribution in [0, 0.1) is 13.8 Å². The van der Waals surface area contributed by atoms with Crippen LogP contribution in [0.2, 0.25) is 0 Å². The van der Waals surface area contributed by atoms with Crippen molar-refractivity contribution in [3.8, 4) is 10.6 Å². The van der Waals surface area contributed by atoms with Crippen LogP contribution < -0.4 is 10.2 Å². The molecule has 4 aromatic rings. The van der Waals surface area contributed by atoms with Crippen LogP contribution in [-0.4, -0.2) is 27.7 Å². The van der Waals surface area contributed by atoms with Crippen molar-refractivity contribution in [1.82, 2.24) is 15.3 Å². The fraction of sp³-hybridized carbons (Fsp3) is 0.115. The number of hydrogen-bond acceptors (Lipinski definition) is 6. The highest BCUT2D eigenvalue weighted by molar-refractivity contribution is 7.13. The molecule has 1 N–H and O–H groups in total. The van der Waals surface area contributed by atoms with Crippen molar-refractivity contribution in [2.45, 2.75) is 20.4 Å². The van der Waals surface area contributed by atoms with Crippen LogP contribution in [0.3, 0.4) is 0 Å². The molecule has 0 aliphatic carbocycles. The number of pyridine rings is 1. The van der Waals surface area contributed by atoms with Gasteiger partial charge in [-0.05, 0) is 61.4 Å². The molecule has 8 heteroatoms. The Morgan fingerprint density at radius 1 is 0.971 bits per heavy atom. The van der Waals surface area contributed by atoms with E-state index >= 15 is 0 Å². The van der Waals surface area contributed by atoms with Crippen molar-refractivity contribution in [2.75, 3.05) is 4.90 Å². The third kappa shape index (κ3) is 3.88. The average Bonchev–Trinajstić information content (AvgIpc) is 3.42. The van der Waals surface area contributed by atoms with E-state index < -0.39 is 5.91 Å². The number of aromatic nitrogens is 2. The van der Waals surface area contributed by atoms with Gasteiger partial charge in [0.05, 0.1) is 29.1 Å². The third-order valence-corrected chi connectivity index (χ3v) is 6.60. The molecule has 3 amide bonds. The van der Waals surface area contributed by atoms with E-state index in [2.05, 4.69) is 15.3 Å². The van der Waals surface area contributed by atoms with E-state index in [-0.39, 0.29) is 23.9 Å². The lowest BCUT2D eigenvalue weighted by Crippen LogP contribution is -2.30. The Balaban J connectivity index is 1.33. The van der Waals surface area contributed by atoms with Gasteiger partial charge in [-0.2, -0.15) is 0 Å². The first-order chi connectivity index (χ1) is 16.4. The summed E-state index contributed by atoms with van der Waals surface area (Å²) in [7, 11) is 0. The topological polar surface area (TPSA) is 92.3 Å². The van der Waals surface area contributed by atoms with Gasteiger partial charge in [-0.3, -0.25) is 19.4 Å². The molecule has 0 spiro atoms. The second-order valence-corrected chi connectivity index (χ2v) is 8.92. The molecule has 3 heterocycles. The van der Waals surface area contributed by atoms with Crippen LogP contribution in [0.1, 0.15) is 47.9 Å². The summed E-state index contributed by atoms with van der Waals surface area (Å²) in [6.45, 7) is 4.01. The van der Waals surface area contributed by atoms with Crippen molar-refractivity contribution >= 4 is 34.7 Å². The van der Waals surface area contributed by atoms with E-state index in [1.54, 1.807) is 24.5 Å². The number of anilines is 1. The molecule has 0 radical (unpaired) electrons. The minimum atomic E-state index is -0.426. The van der Waals surface area contributed by atoms with Gasteiger partial charge in [0.15, 0.2) is 0 Å². The Kier molecular flexibility index (Phi) is 5.51. The summed E-state index contributed by atoms with van der Waals surface area (Å²) >= 11 is 1.49. The lowest BCUT2D eigenvalue weighted by atomic mass is 10.1. The molecule has 1 aliphatic rings. The van der Waals surface area contributed by atoms with Gasteiger partial charge in [0.1, 0.15) is 5.01 Å². The summed E-state index contributed by atoms with van der Waals surface area (Å²) in [6, 6.07) is 14.0. The van der Waals surface area contributed by atoms with Crippen LogP contribution in [0.5, 0.6) is 0 Å². The molecular weight excluding hydrogens is 448 g/mol. The van der Waals surface area contributed by atoms with E-state index in [0.717, 1.165) is 27.4 Å². The number of amides is 3. The molecule has 7 nitrogen and oxygen atoms in total. The minimum Gasteiger partial charge on any atom is -0.346 e. The average molecular weight is 469 g/mol. The van der Waals surface area contributed by atoms with Crippen LogP contribution in [0.25, 0.3) is 10.6 Å². The predicted octanol–water partition coefficient (Wildman–Crippen LogP) is 4.55. The number of nitrogens with one attached hydrogen (secondary N) is 1. The number of aryl methyl sites for hydroxylation is 2. The lowest BCUT2D eigenvalue weighted by molar-refractivity contribution is 0.0923. The highest BCUT2D eigenvalue weighted by Gasteiger charge is 2.37. The van der Waals surface area contributed by atoms with Crippen LogP contribution in [0.4, 0.5) is 5.69 Å². The monoisotopic (exact) mass is 468 g/mol. The van der Waals surface area contributed by atoms with Crippen LogP contribution >= 0.6 is 11.3 Å². The summed E-state index contributed by atoms with van der Waals surface area (Å²) in [5.41, 5.74) is 4.87. The van der Waals surface area contributed by atoms with Gasteiger partial charge in [0.2, 0.25) is 0 Å². The number of nitrogens with zero attached hydrogens (tertiary/aromatic N) is 3. The molecule has 0 saturated heterocycles. The molecule has 5 rings (SSSR count). The maximum atomic E-state index is 13.1. The molecule has 0 fully saturated rings. The summed E-state index contributed by atoms with van der Waals surface area (Å²) < 4.78 is 0. The Morgan fingerprint density at radius 3 is 2.53 bits per heavy atom. The lowest BCUT2D eigenvalue weighted by Gasteiger charge is -2.17. The predicted molar refractivity (Wildman–Crippen MR) is 130 cm³/mol. The smallest absolute Gasteiger partial charge is 0.266 e. The van der Waals surface area contributed by atoms with E-state index in [1.807, 2.05) is 49.6 Å². The van der Waals surface area contributed by atoms with Gasteiger partial charge in [-0.25, -0.2) is 9.88 Å². The number of hydrogen-bond donors (Lipinski definition) is 1. The van der Waals surface area contributed by atoms with Crippen molar-refractivity contribution < 1.29 is 14.4 Å². The largest absolute Gasteiger partial charge is 0.346 e. The molecule has 0 atom stereocenters. The van der Waals surface area contributed by atoms with Gasteiger partial charge in [-0.15, -0.1) is 11.3 Å². The molecule has 2 aromatic carbocycles. The van der Waals surface area contributed by atoms with Gasteiger partial charge in [0.25, 0.3) is 17.7 Å². The standard InChI is InChI=1S/C26H20N4O3S/c1-15-3-4-16(2)22(11-15)30-25(32)20-6-5-18(12-21(20)26(30)33)23(31)28-13-19-14-34-24(29-19)17-7-9-27-10-8-17/h3-12,14H,13H2,1-2H3,(H,28,31). The maximum absolute atomic E-state index is 13.1. The van der Waals surface area contributed by atoms with Crippen molar-refractivity contribution in [1.29, 1.82) is 0 Å².